The summed E-state index contributed by atoms with van der Waals surface area (Å²) >= 11 is 0. The zero-order chi connectivity index (χ0) is 20.5. The van der Waals surface area contributed by atoms with E-state index in [0.29, 0.717) is 5.95 Å². The Morgan fingerprint density at radius 1 is 1.24 bits per heavy atom. The minimum atomic E-state index is -0.251. The second-order valence-electron chi connectivity index (χ2n) is 7.88. The molecule has 3 heterocycles. The molecule has 0 radical (unpaired) electrons. The Bertz CT molecular complexity index is 1010. The molecule has 0 amide bonds. The summed E-state index contributed by atoms with van der Waals surface area (Å²) in [7, 11) is 5.84. The smallest absolute Gasteiger partial charge is 0.225 e. The minimum Gasteiger partial charge on any atom is -0.347 e. The van der Waals surface area contributed by atoms with Gasteiger partial charge in [-0.2, -0.15) is 5.10 Å². The largest absolute Gasteiger partial charge is 0.347 e. The van der Waals surface area contributed by atoms with E-state index in [0.717, 1.165) is 42.8 Å². The Kier molecular flexibility index (Phi) is 5.32. The summed E-state index contributed by atoms with van der Waals surface area (Å²) in [4.78, 5) is 13.8. The van der Waals surface area contributed by atoms with Crippen molar-refractivity contribution in [3.05, 3.63) is 59.4 Å². The standard InChI is InChI=1S/C22H27FN6/c1-15-17(12-25-28(15)4)14-29-10-6-9-20(29)21-19(13-24-22(26-21)27(2)3)16-7-5-8-18(23)11-16/h5,7-8,11-13,20H,6,9-10,14H2,1-4H3/t20-/m0/s1. The third-order valence-electron chi connectivity index (χ3n) is 5.73. The van der Waals surface area contributed by atoms with Crippen molar-refractivity contribution in [3.8, 4) is 11.1 Å². The summed E-state index contributed by atoms with van der Waals surface area (Å²) in [5.41, 5.74) is 5.09. The lowest BCUT2D eigenvalue weighted by Gasteiger charge is -2.26. The van der Waals surface area contributed by atoms with E-state index in [9.17, 15) is 4.39 Å². The topological polar surface area (TPSA) is 50.1 Å². The lowest BCUT2D eigenvalue weighted by Crippen LogP contribution is -2.25. The van der Waals surface area contributed by atoms with Gasteiger partial charge in [0, 0.05) is 50.7 Å². The van der Waals surface area contributed by atoms with Gasteiger partial charge in [0.05, 0.1) is 17.9 Å². The van der Waals surface area contributed by atoms with E-state index in [-0.39, 0.29) is 11.9 Å². The van der Waals surface area contributed by atoms with Crippen LogP contribution in [0.15, 0.2) is 36.7 Å². The van der Waals surface area contributed by atoms with Crippen molar-refractivity contribution < 1.29 is 4.39 Å². The SMILES string of the molecule is Cc1c(CN2CCC[C@H]2c2nc(N(C)C)ncc2-c2cccc(F)c2)cnn1C. The van der Waals surface area contributed by atoms with E-state index in [1.165, 1.54) is 17.3 Å². The van der Waals surface area contributed by atoms with E-state index < -0.39 is 0 Å². The molecule has 0 N–H and O–H groups in total. The number of rotatable bonds is 5. The summed E-state index contributed by atoms with van der Waals surface area (Å²) < 4.78 is 15.8. The van der Waals surface area contributed by atoms with Gasteiger partial charge in [-0.05, 0) is 44.0 Å². The van der Waals surface area contributed by atoms with Crippen LogP contribution in [0.1, 0.15) is 35.8 Å². The Hall–Kier alpha value is -2.80. The number of hydrogen-bond donors (Lipinski definition) is 0. The van der Waals surface area contributed by atoms with Gasteiger partial charge < -0.3 is 4.90 Å². The van der Waals surface area contributed by atoms with Crippen molar-refractivity contribution in [3.63, 3.8) is 0 Å². The molecule has 1 aromatic carbocycles. The maximum Gasteiger partial charge on any atom is 0.225 e. The van der Waals surface area contributed by atoms with Crippen molar-refractivity contribution >= 4 is 5.95 Å². The fourth-order valence-electron chi connectivity index (χ4n) is 3.98. The first-order valence-corrected chi connectivity index (χ1v) is 9.95. The zero-order valence-electron chi connectivity index (χ0n) is 17.4. The van der Waals surface area contributed by atoms with Crippen LogP contribution in [0.25, 0.3) is 11.1 Å². The number of hydrogen-bond acceptors (Lipinski definition) is 5. The molecule has 1 aliphatic rings. The number of likely N-dealkylation sites (tertiary alicyclic amines) is 1. The van der Waals surface area contributed by atoms with Crippen molar-refractivity contribution in [2.75, 3.05) is 25.5 Å². The molecule has 7 heteroatoms. The van der Waals surface area contributed by atoms with Crippen molar-refractivity contribution in [2.45, 2.75) is 32.4 Å². The molecule has 29 heavy (non-hydrogen) atoms. The fourth-order valence-corrected chi connectivity index (χ4v) is 3.98. The second kappa shape index (κ2) is 7.91. The quantitative estimate of drug-likeness (QED) is 0.660. The van der Waals surface area contributed by atoms with Crippen LogP contribution in [0.5, 0.6) is 0 Å². The van der Waals surface area contributed by atoms with Crippen molar-refractivity contribution in [2.24, 2.45) is 7.05 Å². The van der Waals surface area contributed by atoms with E-state index in [1.807, 2.05) is 49.2 Å². The summed E-state index contributed by atoms with van der Waals surface area (Å²) in [6.07, 6.45) is 5.90. The maximum atomic E-state index is 13.9. The monoisotopic (exact) mass is 394 g/mol. The van der Waals surface area contributed by atoms with Gasteiger partial charge in [-0.1, -0.05) is 12.1 Å². The van der Waals surface area contributed by atoms with Gasteiger partial charge in [-0.3, -0.25) is 9.58 Å². The number of aromatic nitrogens is 4. The lowest BCUT2D eigenvalue weighted by atomic mass is 9.99. The van der Waals surface area contributed by atoms with E-state index in [1.54, 1.807) is 12.1 Å². The summed E-state index contributed by atoms with van der Waals surface area (Å²) in [6, 6.07) is 6.84. The Balaban J connectivity index is 1.75. The van der Waals surface area contributed by atoms with E-state index >= 15 is 0 Å². The molecule has 0 aliphatic carbocycles. The number of anilines is 1. The molecule has 0 bridgehead atoms. The van der Waals surface area contributed by atoms with Gasteiger partial charge in [0.2, 0.25) is 5.95 Å². The maximum absolute atomic E-state index is 13.9. The molecule has 2 aromatic heterocycles. The highest BCUT2D eigenvalue weighted by Crippen LogP contribution is 2.38. The molecular formula is C22H27FN6. The zero-order valence-corrected chi connectivity index (χ0v) is 17.4. The molecule has 4 rings (SSSR count). The van der Waals surface area contributed by atoms with Crippen LogP contribution in [0.2, 0.25) is 0 Å². The van der Waals surface area contributed by atoms with Gasteiger partial charge in [0.1, 0.15) is 5.82 Å². The van der Waals surface area contributed by atoms with Crippen LogP contribution in [0.3, 0.4) is 0 Å². The molecule has 6 nitrogen and oxygen atoms in total. The third kappa shape index (κ3) is 3.87. The van der Waals surface area contributed by atoms with Crippen LogP contribution in [0, 0.1) is 12.7 Å². The molecule has 0 unspecified atom stereocenters. The van der Waals surface area contributed by atoms with Gasteiger partial charge in [-0.15, -0.1) is 0 Å². The molecule has 0 saturated carbocycles. The molecule has 3 aromatic rings. The summed E-state index contributed by atoms with van der Waals surface area (Å²) in [5.74, 6) is 0.420. The normalized spacial score (nSPS) is 17.1. The fraction of sp³-hybridized carbons (Fsp3) is 0.409. The first kappa shape index (κ1) is 19.5. The number of halogens is 1. The Labute approximate surface area is 171 Å². The Morgan fingerprint density at radius 2 is 2.07 bits per heavy atom. The highest BCUT2D eigenvalue weighted by molar-refractivity contribution is 5.66. The number of aryl methyl sites for hydroxylation is 1. The molecule has 1 fully saturated rings. The highest BCUT2D eigenvalue weighted by Gasteiger charge is 2.31. The lowest BCUT2D eigenvalue weighted by molar-refractivity contribution is 0.244. The molecule has 1 atom stereocenters. The van der Waals surface area contributed by atoms with Gasteiger partial charge in [0.15, 0.2) is 0 Å². The third-order valence-corrected chi connectivity index (χ3v) is 5.73. The van der Waals surface area contributed by atoms with Crippen LogP contribution >= 0.6 is 0 Å². The second-order valence-corrected chi connectivity index (χ2v) is 7.88. The van der Waals surface area contributed by atoms with Gasteiger partial charge >= 0.3 is 0 Å². The van der Waals surface area contributed by atoms with Crippen LogP contribution < -0.4 is 4.90 Å². The van der Waals surface area contributed by atoms with Gasteiger partial charge in [0.25, 0.3) is 0 Å². The van der Waals surface area contributed by atoms with Crippen LogP contribution in [-0.4, -0.2) is 45.3 Å². The summed E-state index contributed by atoms with van der Waals surface area (Å²) in [6.45, 7) is 3.93. The first-order valence-electron chi connectivity index (χ1n) is 9.95. The predicted molar refractivity (Wildman–Crippen MR) is 112 cm³/mol. The van der Waals surface area contributed by atoms with Crippen LogP contribution in [-0.2, 0) is 13.6 Å². The molecule has 1 saturated heterocycles. The molecule has 152 valence electrons. The average Bonchev–Trinajstić information content (AvgIpc) is 3.29. The molecule has 1 aliphatic heterocycles. The van der Waals surface area contributed by atoms with Crippen molar-refractivity contribution in [1.29, 1.82) is 0 Å². The number of benzene rings is 1. The Morgan fingerprint density at radius 3 is 2.76 bits per heavy atom. The first-order chi connectivity index (χ1) is 13.9. The highest BCUT2D eigenvalue weighted by atomic mass is 19.1. The predicted octanol–water partition coefficient (Wildman–Crippen LogP) is 3.73. The van der Waals surface area contributed by atoms with Crippen molar-refractivity contribution in [1.82, 2.24) is 24.6 Å². The minimum absolute atomic E-state index is 0.162. The molecular weight excluding hydrogens is 367 g/mol. The number of nitrogens with zero attached hydrogens (tertiary/aromatic N) is 6. The van der Waals surface area contributed by atoms with Gasteiger partial charge in [-0.25, -0.2) is 14.4 Å². The average molecular weight is 394 g/mol. The van der Waals surface area contributed by atoms with Crippen LogP contribution in [0.4, 0.5) is 10.3 Å². The van der Waals surface area contributed by atoms with E-state index in [2.05, 4.69) is 21.9 Å². The molecule has 0 spiro atoms. The summed E-state index contributed by atoms with van der Waals surface area (Å²) in [5, 5.41) is 4.38. The van der Waals surface area contributed by atoms with E-state index in [4.69, 9.17) is 4.98 Å².